The molecule has 0 saturated carbocycles. The lowest BCUT2D eigenvalue weighted by atomic mass is 9.95. The standard InChI is InChI=1S/C19H14BrFN2O2S/c1-26(24,25)16-8-4-12(5-9-16)17-10-14(11-22)19(20)23-18(17)13-2-6-15(21)7-3-13/h2-6,8-10,15H,7H2,1H3. The van der Waals surface area contributed by atoms with E-state index in [9.17, 15) is 18.1 Å². The van der Waals surface area contributed by atoms with Crippen LogP contribution in [0.2, 0.25) is 0 Å². The zero-order valence-electron chi connectivity index (χ0n) is 13.8. The second-order valence-corrected chi connectivity index (χ2v) is 8.67. The first-order valence-electron chi connectivity index (χ1n) is 7.73. The van der Waals surface area contributed by atoms with Crippen molar-refractivity contribution >= 4 is 31.3 Å². The smallest absolute Gasteiger partial charge is 0.175 e. The molecule has 1 aliphatic carbocycles. The Morgan fingerprint density at radius 1 is 1.31 bits per heavy atom. The van der Waals surface area contributed by atoms with Crippen LogP contribution in [0.4, 0.5) is 4.39 Å². The number of hydrogen-bond acceptors (Lipinski definition) is 4. The van der Waals surface area contributed by atoms with Gasteiger partial charge in [0.15, 0.2) is 9.84 Å². The van der Waals surface area contributed by atoms with E-state index in [0.29, 0.717) is 21.4 Å². The van der Waals surface area contributed by atoms with Gasteiger partial charge < -0.3 is 0 Å². The Labute approximate surface area is 159 Å². The lowest BCUT2D eigenvalue weighted by molar-refractivity contribution is 0.402. The van der Waals surface area contributed by atoms with Gasteiger partial charge in [-0.2, -0.15) is 5.26 Å². The van der Waals surface area contributed by atoms with E-state index in [2.05, 4.69) is 27.0 Å². The highest BCUT2D eigenvalue weighted by Gasteiger charge is 2.17. The highest BCUT2D eigenvalue weighted by molar-refractivity contribution is 9.10. The van der Waals surface area contributed by atoms with Crippen molar-refractivity contribution in [1.29, 1.82) is 5.26 Å². The maximum Gasteiger partial charge on any atom is 0.175 e. The molecule has 0 amide bonds. The molecule has 1 atom stereocenters. The minimum atomic E-state index is -3.30. The van der Waals surface area contributed by atoms with Crippen molar-refractivity contribution in [3.05, 3.63) is 64.4 Å². The molecule has 0 N–H and O–H groups in total. The van der Waals surface area contributed by atoms with Crippen molar-refractivity contribution in [1.82, 2.24) is 4.98 Å². The van der Waals surface area contributed by atoms with E-state index < -0.39 is 16.0 Å². The van der Waals surface area contributed by atoms with Gasteiger partial charge >= 0.3 is 0 Å². The van der Waals surface area contributed by atoms with E-state index >= 15 is 0 Å². The SMILES string of the molecule is CS(=O)(=O)c1ccc(-c2cc(C#N)c(Br)nc2C2=CCC(F)C=C2)cc1. The average Bonchev–Trinajstić information content (AvgIpc) is 2.61. The predicted octanol–water partition coefficient (Wildman–Crippen LogP) is 4.47. The topological polar surface area (TPSA) is 70.8 Å². The van der Waals surface area contributed by atoms with Crippen LogP contribution in [0, 0.1) is 11.3 Å². The van der Waals surface area contributed by atoms with Gasteiger partial charge in [0.1, 0.15) is 16.8 Å². The number of alkyl halides is 1. The largest absolute Gasteiger partial charge is 0.243 e. The summed E-state index contributed by atoms with van der Waals surface area (Å²) < 4.78 is 37.1. The monoisotopic (exact) mass is 432 g/mol. The quantitative estimate of drug-likeness (QED) is 0.670. The fourth-order valence-electron chi connectivity index (χ4n) is 2.66. The number of rotatable bonds is 3. The number of hydrogen-bond donors (Lipinski definition) is 0. The molecule has 1 heterocycles. The summed E-state index contributed by atoms with van der Waals surface area (Å²) in [5.74, 6) is 0. The molecular weight excluding hydrogens is 419 g/mol. The van der Waals surface area contributed by atoms with Crippen LogP contribution in [-0.2, 0) is 9.84 Å². The fraction of sp³-hybridized carbons (Fsp3) is 0.158. The number of aromatic nitrogens is 1. The van der Waals surface area contributed by atoms with Gasteiger partial charge in [-0.3, -0.25) is 0 Å². The van der Waals surface area contributed by atoms with Crippen molar-refractivity contribution in [2.45, 2.75) is 17.5 Å². The highest BCUT2D eigenvalue weighted by Crippen LogP contribution is 2.34. The fourth-order valence-corrected chi connectivity index (χ4v) is 3.67. The molecule has 1 aliphatic rings. The van der Waals surface area contributed by atoms with E-state index in [1.54, 1.807) is 30.4 Å². The zero-order chi connectivity index (χ0) is 18.9. The number of benzene rings is 1. The summed E-state index contributed by atoms with van der Waals surface area (Å²) >= 11 is 3.29. The first-order chi connectivity index (χ1) is 12.3. The Morgan fingerprint density at radius 3 is 2.54 bits per heavy atom. The Bertz CT molecular complexity index is 1070. The van der Waals surface area contributed by atoms with E-state index in [0.717, 1.165) is 17.4 Å². The van der Waals surface area contributed by atoms with E-state index in [1.165, 1.54) is 18.2 Å². The molecule has 0 fully saturated rings. The van der Waals surface area contributed by atoms with Gasteiger partial charge in [0, 0.05) is 18.2 Å². The third-order valence-electron chi connectivity index (χ3n) is 4.01. The van der Waals surface area contributed by atoms with Crippen LogP contribution in [0.3, 0.4) is 0 Å². The van der Waals surface area contributed by atoms with Gasteiger partial charge in [-0.1, -0.05) is 24.3 Å². The first-order valence-corrected chi connectivity index (χ1v) is 10.4. The minimum absolute atomic E-state index is 0.213. The van der Waals surface area contributed by atoms with Crippen LogP contribution in [0.15, 0.2) is 58.1 Å². The lowest BCUT2D eigenvalue weighted by Crippen LogP contribution is -2.02. The summed E-state index contributed by atoms with van der Waals surface area (Å²) in [6.45, 7) is 0. The molecular formula is C19H14BrFN2O2S. The normalized spacial score (nSPS) is 16.8. The van der Waals surface area contributed by atoms with Crippen molar-refractivity contribution < 1.29 is 12.8 Å². The number of nitriles is 1. The number of sulfone groups is 1. The van der Waals surface area contributed by atoms with Gasteiger partial charge in [0.2, 0.25) is 0 Å². The molecule has 0 spiro atoms. The molecule has 0 aliphatic heterocycles. The maximum atomic E-state index is 13.4. The Hall–Kier alpha value is -2.30. The van der Waals surface area contributed by atoms with Crippen LogP contribution in [0.5, 0.6) is 0 Å². The number of halogens is 2. The second kappa shape index (κ2) is 7.14. The van der Waals surface area contributed by atoms with E-state index in [-0.39, 0.29) is 11.3 Å². The van der Waals surface area contributed by atoms with E-state index in [4.69, 9.17) is 0 Å². The van der Waals surface area contributed by atoms with Crippen LogP contribution in [-0.4, -0.2) is 25.8 Å². The Kier molecular flexibility index (Phi) is 5.08. The van der Waals surface area contributed by atoms with Crippen molar-refractivity contribution in [2.75, 3.05) is 6.26 Å². The van der Waals surface area contributed by atoms with Crippen LogP contribution in [0.1, 0.15) is 17.7 Å². The zero-order valence-corrected chi connectivity index (χ0v) is 16.2. The molecule has 26 heavy (non-hydrogen) atoms. The molecule has 2 aromatic rings. The summed E-state index contributed by atoms with van der Waals surface area (Å²) in [4.78, 5) is 4.69. The average molecular weight is 433 g/mol. The molecule has 4 nitrogen and oxygen atoms in total. The predicted molar refractivity (Wildman–Crippen MR) is 102 cm³/mol. The molecule has 0 radical (unpaired) electrons. The van der Waals surface area contributed by atoms with Crippen LogP contribution < -0.4 is 0 Å². The summed E-state index contributed by atoms with van der Waals surface area (Å²) in [6.07, 6.45) is 5.30. The summed E-state index contributed by atoms with van der Waals surface area (Å²) in [7, 11) is -3.30. The summed E-state index contributed by atoms with van der Waals surface area (Å²) in [6, 6.07) is 10.2. The molecule has 3 rings (SSSR count). The summed E-state index contributed by atoms with van der Waals surface area (Å²) in [5, 5.41) is 9.30. The Balaban J connectivity index is 2.17. The van der Waals surface area contributed by atoms with Gasteiger partial charge in [-0.15, -0.1) is 0 Å². The number of allylic oxidation sites excluding steroid dienone is 4. The van der Waals surface area contributed by atoms with Crippen molar-refractivity contribution in [2.24, 2.45) is 0 Å². The molecule has 0 bridgehead atoms. The van der Waals surface area contributed by atoms with E-state index in [1.807, 2.05) is 0 Å². The molecule has 0 saturated heterocycles. The maximum absolute atomic E-state index is 13.4. The van der Waals surface area contributed by atoms with Gasteiger partial charge in [0.05, 0.1) is 16.2 Å². The van der Waals surface area contributed by atoms with Crippen molar-refractivity contribution in [3.63, 3.8) is 0 Å². The lowest BCUT2D eigenvalue weighted by Gasteiger charge is -2.15. The number of pyridine rings is 1. The summed E-state index contributed by atoms with van der Waals surface area (Å²) in [5.41, 5.74) is 3.12. The van der Waals surface area contributed by atoms with Gasteiger partial charge in [-0.05, 0) is 51.3 Å². The van der Waals surface area contributed by atoms with Crippen molar-refractivity contribution in [3.8, 4) is 17.2 Å². The molecule has 1 unspecified atom stereocenters. The molecule has 1 aromatic heterocycles. The third kappa shape index (κ3) is 3.76. The molecule has 132 valence electrons. The van der Waals surface area contributed by atoms with Gasteiger partial charge in [0.25, 0.3) is 0 Å². The second-order valence-electron chi connectivity index (χ2n) is 5.90. The van der Waals surface area contributed by atoms with Gasteiger partial charge in [-0.25, -0.2) is 17.8 Å². The Morgan fingerprint density at radius 2 is 2.00 bits per heavy atom. The highest BCUT2D eigenvalue weighted by atomic mass is 79.9. The van der Waals surface area contributed by atoms with Crippen LogP contribution >= 0.6 is 15.9 Å². The molecule has 7 heteroatoms. The number of nitrogens with zero attached hydrogens (tertiary/aromatic N) is 2. The molecule has 1 aromatic carbocycles. The third-order valence-corrected chi connectivity index (χ3v) is 5.74. The first kappa shape index (κ1) is 18.5. The van der Waals surface area contributed by atoms with Crippen LogP contribution in [0.25, 0.3) is 16.7 Å². The minimum Gasteiger partial charge on any atom is -0.243 e.